The van der Waals surface area contributed by atoms with Gasteiger partial charge in [-0.15, -0.1) is 4.83 Å². The Kier molecular flexibility index (Phi) is 8.28. The number of urea groups is 1. The van der Waals surface area contributed by atoms with Gasteiger partial charge in [0, 0.05) is 12.3 Å². The number of ether oxygens (including phenoxy) is 1. The quantitative estimate of drug-likeness (QED) is 0.150. The number of nitrogens with one attached hydrogen (secondary N) is 4. The van der Waals surface area contributed by atoms with Crippen molar-refractivity contribution in [1.82, 2.24) is 29.8 Å². The molecule has 17 nitrogen and oxygen atoms in total. The summed E-state index contributed by atoms with van der Waals surface area (Å²) < 4.78 is 31.1. The monoisotopic (exact) mass is 552 g/mol. The number of β-lactam (4-membered cyclic amide) rings is 1. The first kappa shape index (κ1) is 27.6. The number of aliphatic carboxylic acids is 1. The van der Waals surface area contributed by atoms with Gasteiger partial charge in [0.2, 0.25) is 5.43 Å². The smallest absolute Gasteiger partial charge is 0.408 e. The van der Waals surface area contributed by atoms with Crippen LogP contribution in [0.25, 0.3) is 0 Å². The Morgan fingerprint density at radius 1 is 1.16 bits per heavy atom. The van der Waals surface area contributed by atoms with Crippen molar-refractivity contribution in [2.24, 2.45) is 0 Å². The van der Waals surface area contributed by atoms with E-state index in [1.54, 1.807) is 30.3 Å². The number of hydrogen-bond donors (Lipinski definition) is 6. The number of carbonyl (C=O) groups excluding carboxylic acids is 4. The molecular weight excluding hydrogens is 532 g/mol. The summed E-state index contributed by atoms with van der Waals surface area (Å²) in [6.07, 6.45) is -0.223. The van der Waals surface area contributed by atoms with Gasteiger partial charge < -0.3 is 25.3 Å². The Balaban J connectivity index is 1.56. The van der Waals surface area contributed by atoms with Crippen LogP contribution in [0, 0.1) is 0 Å². The molecular formula is C20H20N6O11S. The van der Waals surface area contributed by atoms with Crippen LogP contribution in [-0.4, -0.2) is 82.6 Å². The summed E-state index contributed by atoms with van der Waals surface area (Å²) in [6, 6.07) is 6.61. The number of benzene rings is 1. The third kappa shape index (κ3) is 7.04. The predicted octanol–water partition coefficient (Wildman–Crippen LogP) is -1.80. The highest BCUT2D eigenvalue weighted by molar-refractivity contribution is 7.88. The summed E-state index contributed by atoms with van der Waals surface area (Å²) in [5.41, 5.74) is -0.913. The van der Waals surface area contributed by atoms with E-state index in [2.05, 4.69) is 10.3 Å². The minimum Gasteiger partial charge on any atom is -0.503 e. The molecule has 0 radical (unpaired) electrons. The lowest BCUT2D eigenvalue weighted by molar-refractivity contribution is -0.139. The van der Waals surface area contributed by atoms with Gasteiger partial charge in [0.25, 0.3) is 11.8 Å². The number of pyridine rings is 1. The van der Waals surface area contributed by atoms with Gasteiger partial charge in [0.05, 0.1) is 6.54 Å². The summed E-state index contributed by atoms with van der Waals surface area (Å²) in [4.78, 5) is 75.6. The number of carboxylic acids is 1. The molecule has 2 aromatic rings. The molecule has 202 valence electrons. The highest BCUT2D eigenvalue weighted by atomic mass is 32.2. The zero-order valence-electron chi connectivity index (χ0n) is 19.1. The van der Waals surface area contributed by atoms with Gasteiger partial charge in [-0.3, -0.25) is 24.1 Å². The molecule has 0 aliphatic carbocycles. The molecule has 1 aliphatic rings. The standard InChI is InChI=1S/C20H20N6O11S/c27-14-6-12(21-7-15(14)28)18(32)26(9-16(29)30)24-38(35,36)23-19(33)25-8-13(17(25)31)22-20(34)37-10-11-4-2-1-3-5-11/h1-7,13,24,28H,8-10H2,(H,21,27)(H,22,34)(H,23,33)(H,29,30)/t13-/m0/s1. The maximum absolute atomic E-state index is 12.5. The Morgan fingerprint density at radius 3 is 2.45 bits per heavy atom. The summed E-state index contributed by atoms with van der Waals surface area (Å²) >= 11 is 0. The topological polar surface area (TPSA) is 245 Å². The number of nitrogens with zero attached hydrogens (tertiary/aromatic N) is 2. The number of alkyl carbamates (subject to hydrolysis) is 1. The number of aromatic amines is 1. The van der Waals surface area contributed by atoms with Crippen LogP contribution in [0.5, 0.6) is 5.75 Å². The average molecular weight is 552 g/mol. The van der Waals surface area contributed by atoms with E-state index in [0.717, 1.165) is 6.20 Å². The van der Waals surface area contributed by atoms with Crippen molar-refractivity contribution >= 4 is 40.1 Å². The van der Waals surface area contributed by atoms with E-state index in [0.29, 0.717) is 16.5 Å². The van der Waals surface area contributed by atoms with Crippen molar-refractivity contribution in [2.75, 3.05) is 13.1 Å². The number of hydrazine groups is 1. The fourth-order valence-corrected chi connectivity index (χ4v) is 3.80. The second-order valence-corrected chi connectivity index (χ2v) is 8.98. The minimum atomic E-state index is -4.98. The lowest BCUT2D eigenvalue weighted by Crippen LogP contribution is -2.68. The van der Waals surface area contributed by atoms with Crippen molar-refractivity contribution in [1.29, 1.82) is 0 Å². The van der Waals surface area contributed by atoms with Crippen LogP contribution in [0.15, 0.2) is 47.4 Å². The molecule has 3 rings (SSSR count). The second-order valence-electron chi connectivity index (χ2n) is 7.59. The number of rotatable bonds is 9. The third-order valence-corrected chi connectivity index (χ3v) is 5.70. The van der Waals surface area contributed by atoms with Gasteiger partial charge in [-0.05, 0) is 5.56 Å². The Labute approximate surface area is 213 Å². The minimum absolute atomic E-state index is 0.0469. The zero-order chi connectivity index (χ0) is 28.0. The number of H-pyrrole nitrogens is 1. The molecule has 1 saturated heterocycles. The average Bonchev–Trinajstić information content (AvgIpc) is 2.85. The number of carbonyl (C=O) groups is 5. The van der Waals surface area contributed by atoms with E-state index in [4.69, 9.17) is 9.84 Å². The fourth-order valence-electron chi connectivity index (χ4n) is 2.98. The van der Waals surface area contributed by atoms with Crippen molar-refractivity contribution in [3.63, 3.8) is 0 Å². The lowest BCUT2D eigenvalue weighted by atomic mass is 10.1. The van der Waals surface area contributed by atoms with Crippen LogP contribution in [0.1, 0.15) is 16.1 Å². The molecule has 5 amide bonds. The third-order valence-electron chi connectivity index (χ3n) is 4.79. The highest BCUT2D eigenvalue weighted by Gasteiger charge is 2.43. The van der Waals surface area contributed by atoms with Crippen LogP contribution >= 0.6 is 0 Å². The van der Waals surface area contributed by atoms with Gasteiger partial charge in [0.1, 0.15) is 24.9 Å². The fraction of sp³-hybridized carbons (Fsp3) is 0.200. The molecule has 0 spiro atoms. The molecule has 1 atom stereocenters. The van der Waals surface area contributed by atoms with Crippen LogP contribution in [-0.2, 0) is 31.1 Å². The molecule has 1 aromatic carbocycles. The second kappa shape index (κ2) is 11.4. The number of hydrogen-bond acceptors (Lipinski definition) is 10. The molecule has 38 heavy (non-hydrogen) atoms. The number of aromatic hydroxyl groups is 1. The first-order valence-electron chi connectivity index (χ1n) is 10.4. The molecule has 2 heterocycles. The molecule has 1 aromatic heterocycles. The van der Waals surface area contributed by atoms with E-state index in [1.165, 1.54) is 9.55 Å². The predicted molar refractivity (Wildman–Crippen MR) is 123 cm³/mol. The SMILES string of the molecule is O=C(O)CN(NS(=O)(=O)NC(=O)N1C[C@H](NC(=O)OCc2ccccc2)C1=O)C(=O)c1cc(=O)c(O)c[nH]1. The maximum Gasteiger partial charge on any atom is 0.408 e. The largest absolute Gasteiger partial charge is 0.503 e. The van der Waals surface area contributed by atoms with Crippen molar-refractivity contribution < 1.29 is 47.3 Å². The number of aromatic nitrogens is 1. The van der Waals surface area contributed by atoms with Crippen LogP contribution in [0.3, 0.4) is 0 Å². The molecule has 0 saturated carbocycles. The van der Waals surface area contributed by atoms with Crippen LogP contribution in [0.2, 0.25) is 0 Å². The van der Waals surface area contributed by atoms with Crippen LogP contribution < -0.4 is 20.3 Å². The Hall–Kier alpha value is -4.97. The molecule has 0 unspecified atom stereocenters. The van der Waals surface area contributed by atoms with E-state index < -0.39 is 76.1 Å². The van der Waals surface area contributed by atoms with Crippen molar-refractivity contribution in [3.05, 3.63) is 64.1 Å². The van der Waals surface area contributed by atoms with Gasteiger partial charge in [-0.1, -0.05) is 30.3 Å². The maximum atomic E-state index is 12.5. The van der Waals surface area contributed by atoms with Crippen LogP contribution in [0.4, 0.5) is 9.59 Å². The van der Waals surface area contributed by atoms with E-state index in [1.807, 2.05) is 0 Å². The molecule has 6 N–H and O–H groups in total. The molecule has 1 fully saturated rings. The summed E-state index contributed by atoms with van der Waals surface area (Å²) in [7, 11) is -4.98. The van der Waals surface area contributed by atoms with Gasteiger partial charge >= 0.3 is 28.3 Å². The number of amides is 5. The van der Waals surface area contributed by atoms with Crippen molar-refractivity contribution in [3.8, 4) is 5.75 Å². The lowest BCUT2D eigenvalue weighted by Gasteiger charge is -2.36. The van der Waals surface area contributed by atoms with E-state index in [-0.39, 0.29) is 11.6 Å². The van der Waals surface area contributed by atoms with E-state index in [9.17, 15) is 42.3 Å². The summed E-state index contributed by atoms with van der Waals surface area (Å²) in [5, 5.41) is 20.5. The normalized spacial score (nSPS) is 14.7. The first-order chi connectivity index (χ1) is 17.9. The van der Waals surface area contributed by atoms with Gasteiger partial charge in [-0.25, -0.2) is 19.3 Å². The molecule has 0 bridgehead atoms. The Morgan fingerprint density at radius 2 is 1.84 bits per heavy atom. The highest BCUT2D eigenvalue weighted by Crippen LogP contribution is 2.12. The number of imide groups is 1. The van der Waals surface area contributed by atoms with E-state index >= 15 is 0 Å². The first-order valence-corrected chi connectivity index (χ1v) is 11.9. The van der Waals surface area contributed by atoms with Crippen molar-refractivity contribution in [2.45, 2.75) is 12.6 Å². The molecule has 18 heteroatoms. The zero-order valence-corrected chi connectivity index (χ0v) is 19.9. The number of carboxylic acid groups (broad SMARTS) is 1. The van der Waals surface area contributed by atoms with Gasteiger partial charge in [-0.2, -0.15) is 8.42 Å². The van der Waals surface area contributed by atoms with Gasteiger partial charge in [0.15, 0.2) is 5.75 Å². The molecule has 1 aliphatic heterocycles. The Bertz CT molecular complexity index is 1430. The summed E-state index contributed by atoms with van der Waals surface area (Å²) in [6.45, 7) is -1.73. The number of likely N-dealkylation sites (tertiary alicyclic amines) is 1. The summed E-state index contributed by atoms with van der Waals surface area (Å²) in [5.74, 6) is -4.73.